The predicted octanol–water partition coefficient (Wildman–Crippen LogP) is 3.39. The highest BCUT2D eigenvalue weighted by Gasteiger charge is 2.36. The highest BCUT2D eigenvalue weighted by atomic mass is 79.9. The molecule has 1 aromatic heterocycles. The van der Waals surface area contributed by atoms with Crippen molar-refractivity contribution >= 4 is 27.8 Å². The summed E-state index contributed by atoms with van der Waals surface area (Å²) in [6.07, 6.45) is 2.84. The molecule has 0 spiro atoms. The first-order valence-electron chi connectivity index (χ1n) is 7.41. The first kappa shape index (κ1) is 15.8. The second-order valence-electron chi connectivity index (χ2n) is 5.37. The van der Waals surface area contributed by atoms with Gasteiger partial charge in [-0.15, -0.1) is 0 Å². The number of amides is 1. The fourth-order valence-electron chi connectivity index (χ4n) is 2.67. The van der Waals surface area contributed by atoms with E-state index in [1.54, 1.807) is 12.1 Å². The Morgan fingerprint density at radius 1 is 1.30 bits per heavy atom. The SMILES string of the molecule is O=C(OCc1cccc(Br)c1)C1CCCN1C(=O)c1ccco1. The van der Waals surface area contributed by atoms with Gasteiger partial charge in [-0.25, -0.2) is 4.79 Å². The van der Waals surface area contributed by atoms with Crippen LogP contribution < -0.4 is 0 Å². The number of halogens is 1. The number of rotatable bonds is 4. The summed E-state index contributed by atoms with van der Waals surface area (Å²) < 4.78 is 11.4. The van der Waals surface area contributed by atoms with E-state index < -0.39 is 6.04 Å². The topological polar surface area (TPSA) is 59.8 Å². The Bertz CT molecular complexity index is 698. The number of likely N-dealkylation sites (tertiary alicyclic amines) is 1. The number of nitrogens with zero attached hydrogens (tertiary/aromatic N) is 1. The summed E-state index contributed by atoms with van der Waals surface area (Å²) in [5.41, 5.74) is 0.898. The standard InChI is InChI=1S/C17H16BrNO4/c18-13-5-1-4-12(10-13)11-23-17(21)14-6-2-8-19(14)16(20)15-7-3-9-22-15/h1,3-5,7,9-10,14H,2,6,8,11H2. The normalized spacial score (nSPS) is 17.3. The van der Waals surface area contributed by atoms with E-state index in [1.165, 1.54) is 11.2 Å². The summed E-state index contributed by atoms with van der Waals surface area (Å²) >= 11 is 3.38. The molecule has 1 fully saturated rings. The zero-order valence-corrected chi connectivity index (χ0v) is 14.0. The van der Waals surface area contributed by atoms with Gasteiger partial charge in [-0.1, -0.05) is 28.1 Å². The van der Waals surface area contributed by atoms with Gasteiger partial charge in [0.25, 0.3) is 5.91 Å². The number of ether oxygens (including phenoxy) is 1. The highest BCUT2D eigenvalue weighted by molar-refractivity contribution is 9.10. The van der Waals surface area contributed by atoms with Crippen molar-refractivity contribution in [2.75, 3.05) is 6.54 Å². The Labute approximate surface area is 142 Å². The Morgan fingerprint density at radius 3 is 2.91 bits per heavy atom. The summed E-state index contributed by atoms with van der Waals surface area (Å²) in [4.78, 5) is 26.2. The molecule has 120 valence electrons. The molecule has 0 bridgehead atoms. The number of benzene rings is 1. The lowest BCUT2D eigenvalue weighted by molar-refractivity contribution is -0.149. The lowest BCUT2D eigenvalue weighted by Crippen LogP contribution is -2.41. The van der Waals surface area contributed by atoms with Gasteiger partial charge < -0.3 is 14.1 Å². The summed E-state index contributed by atoms with van der Waals surface area (Å²) in [5.74, 6) is -0.393. The van der Waals surface area contributed by atoms with Crippen LogP contribution in [0.3, 0.4) is 0 Å². The summed E-state index contributed by atoms with van der Waals surface area (Å²) in [6.45, 7) is 0.730. The van der Waals surface area contributed by atoms with Gasteiger partial charge in [-0.05, 0) is 42.7 Å². The molecule has 0 aliphatic carbocycles. The van der Waals surface area contributed by atoms with E-state index in [0.717, 1.165) is 16.5 Å². The second-order valence-corrected chi connectivity index (χ2v) is 6.29. The van der Waals surface area contributed by atoms with Gasteiger partial charge in [0.15, 0.2) is 5.76 Å². The Balaban J connectivity index is 1.63. The second kappa shape index (κ2) is 7.00. The minimum Gasteiger partial charge on any atom is -0.459 e. The largest absolute Gasteiger partial charge is 0.459 e. The molecule has 1 atom stereocenters. The van der Waals surface area contributed by atoms with Gasteiger partial charge in [0.2, 0.25) is 0 Å². The molecule has 2 heterocycles. The van der Waals surface area contributed by atoms with Crippen molar-refractivity contribution < 1.29 is 18.7 Å². The molecule has 5 nitrogen and oxygen atoms in total. The van der Waals surface area contributed by atoms with Crippen LogP contribution in [-0.4, -0.2) is 29.4 Å². The van der Waals surface area contributed by atoms with E-state index >= 15 is 0 Å². The van der Waals surface area contributed by atoms with Gasteiger partial charge in [0, 0.05) is 11.0 Å². The molecular weight excluding hydrogens is 362 g/mol. The number of carbonyl (C=O) groups excluding carboxylic acids is 2. The van der Waals surface area contributed by atoms with Crippen LogP contribution in [0, 0.1) is 0 Å². The Hall–Kier alpha value is -2.08. The van der Waals surface area contributed by atoms with E-state index in [2.05, 4.69) is 15.9 Å². The monoisotopic (exact) mass is 377 g/mol. The number of hydrogen-bond acceptors (Lipinski definition) is 4. The number of esters is 1. The van der Waals surface area contributed by atoms with Crippen molar-refractivity contribution in [1.29, 1.82) is 0 Å². The third-order valence-corrected chi connectivity index (χ3v) is 4.28. The lowest BCUT2D eigenvalue weighted by Gasteiger charge is -2.22. The summed E-state index contributed by atoms with van der Waals surface area (Å²) in [6, 6.07) is 10.3. The molecule has 1 amide bonds. The van der Waals surface area contributed by atoms with Gasteiger partial charge in [-0.2, -0.15) is 0 Å². The van der Waals surface area contributed by atoms with Crippen LogP contribution in [0.5, 0.6) is 0 Å². The maximum Gasteiger partial charge on any atom is 0.329 e. The maximum atomic E-state index is 12.4. The van der Waals surface area contributed by atoms with Crippen molar-refractivity contribution in [2.45, 2.75) is 25.5 Å². The molecule has 1 unspecified atom stereocenters. The first-order valence-corrected chi connectivity index (χ1v) is 8.20. The zero-order valence-electron chi connectivity index (χ0n) is 12.4. The van der Waals surface area contributed by atoms with E-state index in [4.69, 9.17) is 9.15 Å². The van der Waals surface area contributed by atoms with Crippen molar-refractivity contribution in [3.63, 3.8) is 0 Å². The summed E-state index contributed by atoms with van der Waals surface area (Å²) in [5, 5.41) is 0. The highest BCUT2D eigenvalue weighted by Crippen LogP contribution is 2.22. The van der Waals surface area contributed by atoms with Crippen molar-refractivity contribution in [1.82, 2.24) is 4.90 Å². The van der Waals surface area contributed by atoms with Gasteiger partial charge >= 0.3 is 5.97 Å². The van der Waals surface area contributed by atoms with Crippen LogP contribution in [-0.2, 0) is 16.1 Å². The van der Waals surface area contributed by atoms with Gasteiger partial charge in [-0.3, -0.25) is 4.79 Å². The predicted molar refractivity (Wildman–Crippen MR) is 86.7 cm³/mol. The van der Waals surface area contributed by atoms with Gasteiger partial charge in [0.1, 0.15) is 12.6 Å². The fraction of sp³-hybridized carbons (Fsp3) is 0.294. The molecule has 1 aliphatic heterocycles. The Morgan fingerprint density at radius 2 is 2.17 bits per heavy atom. The first-order chi connectivity index (χ1) is 11.1. The van der Waals surface area contributed by atoms with Crippen LogP contribution in [0.4, 0.5) is 0 Å². The molecule has 1 aromatic carbocycles. The minimum absolute atomic E-state index is 0.192. The van der Waals surface area contributed by atoms with Crippen LogP contribution in [0.15, 0.2) is 51.6 Å². The van der Waals surface area contributed by atoms with Crippen LogP contribution >= 0.6 is 15.9 Å². The number of carbonyl (C=O) groups is 2. The maximum absolute atomic E-state index is 12.4. The molecule has 1 saturated heterocycles. The molecule has 0 saturated carbocycles. The average Bonchev–Trinajstić information content (AvgIpc) is 3.23. The van der Waals surface area contributed by atoms with Crippen molar-refractivity contribution in [3.8, 4) is 0 Å². The number of hydrogen-bond donors (Lipinski definition) is 0. The van der Waals surface area contributed by atoms with Gasteiger partial charge in [0.05, 0.1) is 6.26 Å². The third kappa shape index (κ3) is 3.64. The fourth-order valence-corrected chi connectivity index (χ4v) is 3.12. The van der Waals surface area contributed by atoms with Crippen LogP contribution in [0.1, 0.15) is 29.0 Å². The minimum atomic E-state index is -0.542. The van der Waals surface area contributed by atoms with E-state index in [9.17, 15) is 9.59 Å². The number of furan rings is 1. The van der Waals surface area contributed by atoms with Crippen LogP contribution in [0.25, 0.3) is 0 Å². The van der Waals surface area contributed by atoms with Crippen molar-refractivity contribution in [2.24, 2.45) is 0 Å². The summed E-state index contributed by atoms with van der Waals surface area (Å²) in [7, 11) is 0. The molecule has 3 rings (SSSR count). The van der Waals surface area contributed by atoms with E-state index in [1.807, 2.05) is 24.3 Å². The smallest absolute Gasteiger partial charge is 0.329 e. The van der Waals surface area contributed by atoms with Crippen molar-refractivity contribution in [3.05, 3.63) is 58.5 Å². The molecule has 2 aromatic rings. The molecule has 0 N–H and O–H groups in total. The molecule has 6 heteroatoms. The quantitative estimate of drug-likeness (QED) is 0.766. The van der Waals surface area contributed by atoms with Crippen LogP contribution in [0.2, 0.25) is 0 Å². The molecule has 1 aliphatic rings. The van der Waals surface area contributed by atoms with E-state index in [0.29, 0.717) is 13.0 Å². The zero-order chi connectivity index (χ0) is 16.2. The molecular formula is C17H16BrNO4. The lowest BCUT2D eigenvalue weighted by atomic mass is 10.2. The average molecular weight is 378 g/mol. The third-order valence-electron chi connectivity index (χ3n) is 3.79. The molecule has 0 radical (unpaired) electrons. The molecule has 23 heavy (non-hydrogen) atoms. The van der Waals surface area contributed by atoms with E-state index in [-0.39, 0.29) is 24.2 Å². The Kier molecular flexibility index (Phi) is 4.81.